The largest absolute Gasteiger partial charge is 0.436 e. The van der Waals surface area contributed by atoms with Gasteiger partial charge in [0.2, 0.25) is 5.89 Å². The van der Waals surface area contributed by atoms with Crippen molar-refractivity contribution in [2.24, 2.45) is 0 Å². The Morgan fingerprint density at radius 3 is 2.85 bits per heavy atom. The minimum atomic E-state index is -0.327. The van der Waals surface area contributed by atoms with Crippen LogP contribution >= 0.6 is 0 Å². The average molecular weight is 269 g/mol. The minimum Gasteiger partial charge on any atom is -0.436 e. The summed E-state index contributed by atoms with van der Waals surface area (Å²) in [5.41, 5.74) is 2.65. The first-order chi connectivity index (χ1) is 9.61. The molecule has 0 bridgehead atoms. The Labute approximate surface area is 114 Å². The number of halogens is 1. The first-order valence-corrected chi connectivity index (χ1v) is 6.10. The van der Waals surface area contributed by atoms with Gasteiger partial charge in [-0.25, -0.2) is 9.37 Å². The van der Waals surface area contributed by atoms with Crippen LogP contribution in [0.3, 0.4) is 0 Å². The maximum absolute atomic E-state index is 13.2. The number of aromatic nitrogens is 1. The Balaban J connectivity index is 2.04. The van der Waals surface area contributed by atoms with Crippen LogP contribution < -0.4 is 5.32 Å². The maximum Gasteiger partial charge on any atom is 0.227 e. The highest BCUT2D eigenvalue weighted by atomic mass is 19.1. The molecular formula is C15H12FN3O. The fourth-order valence-electron chi connectivity index (χ4n) is 1.97. The van der Waals surface area contributed by atoms with Gasteiger partial charge < -0.3 is 9.73 Å². The van der Waals surface area contributed by atoms with Crippen LogP contribution in [0.1, 0.15) is 6.92 Å². The van der Waals surface area contributed by atoms with E-state index in [4.69, 9.17) is 9.83 Å². The lowest BCUT2D eigenvalue weighted by Gasteiger charge is -2.01. The van der Waals surface area contributed by atoms with Gasteiger partial charge in [0.1, 0.15) is 11.3 Å². The van der Waals surface area contributed by atoms with Crippen molar-refractivity contribution >= 4 is 22.6 Å². The van der Waals surface area contributed by atoms with Gasteiger partial charge in [0.25, 0.3) is 0 Å². The van der Waals surface area contributed by atoms with Gasteiger partial charge in [0.05, 0.1) is 5.84 Å². The van der Waals surface area contributed by atoms with E-state index < -0.39 is 0 Å². The molecule has 2 N–H and O–H groups in total. The number of hydrogen-bond donors (Lipinski definition) is 2. The van der Waals surface area contributed by atoms with Crippen molar-refractivity contribution in [1.29, 1.82) is 5.41 Å². The molecule has 0 saturated carbocycles. The summed E-state index contributed by atoms with van der Waals surface area (Å²) in [7, 11) is 0. The summed E-state index contributed by atoms with van der Waals surface area (Å²) >= 11 is 0. The van der Waals surface area contributed by atoms with E-state index in [2.05, 4.69) is 10.3 Å². The molecule has 3 rings (SSSR count). The van der Waals surface area contributed by atoms with Crippen LogP contribution in [-0.4, -0.2) is 10.8 Å². The molecule has 0 aliphatic heterocycles. The number of anilines is 1. The molecule has 20 heavy (non-hydrogen) atoms. The number of hydrogen-bond acceptors (Lipinski definition) is 3. The summed E-state index contributed by atoms with van der Waals surface area (Å²) in [5.74, 6) is 0.396. The predicted octanol–water partition coefficient (Wildman–Crippen LogP) is 4.04. The molecule has 0 spiro atoms. The molecule has 100 valence electrons. The number of rotatable bonds is 2. The predicted molar refractivity (Wildman–Crippen MR) is 76.4 cm³/mol. The molecule has 2 aromatic carbocycles. The molecule has 0 aliphatic carbocycles. The Kier molecular flexibility index (Phi) is 2.95. The molecule has 1 aromatic heterocycles. The van der Waals surface area contributed by atoms with Gasteiger partial charge in [-0.1, -0.05) is 6.07 Å². The van der Waals surface area contributed by atoms with E-state index in [-0.39, 0.29) is 5.82 Å². The standard InChI is InChI=1S/C15H12FN3O/c1-9(17)18-12-5-6-14-13(8-12)19-15(20-14)10-3-2-4-11(16)7-10/h2-8H,1H3,(H2,17,18). The number of benzene rings is 2. The third kappa shape index (κ3) is 2.38. The molecule has 0 radical (unpaired) electrons. The zero-order valence-corrected chi connectivity index (χ0v) is 10.8. The zero-order chi connectivity index (χ0) is 14.1. The van der Waals surface area contributed by atoms with Gasteiger partial charge in [-0.05, 0) is 43.3 Å². The molecule has 0 fully saturated rings. The SMILES string of the molecule is CC(=N)Nc1ccc2oc(-c3cccc(F)c3)nc2c1. The molecule has 0 amide bonds. The summed E-state index contributed by atoms with van der Waals surface area (Å²) in [6, 6.07) is 11.5. The summed E-state index contributed by atoms with van der Waals surface area (Å²) < 4.78 is 18.8. The van der Waals surface area contributed by atoms with Crippen LogP contribution in [-0.2, 0) is 0 Å². The van der Waals surface area contributed by atoms with Crippen LogP contribution in [0.5, 0.6) is 0 Å². The highest BCUT2D eigenvalue weighted by Crippen LogP contribution is 2.26. The third-order valence-corrected chi connectivity index (χ3v) is 2.79. The monoisotopic (exact) mass is 269 g/mol. The number of oxazole rings is 1. The smallest absolute Gasteiger partial charge is 0.227 e. The number of amidine groups is 1. The Morgan fingerprint density at radius 2 is 2.10 bits per heavy atom. The second-order valence-electron chi connectivity index (χ2n) is 4.46. The minimum absolute atomic E-state index is 0.327. The van der Waals surface area contributed by atoms with Gasteiger partial charge in [0, 0.05) is 11.3 Å². The highest BCUT2D eigenvalue weighted by Gasteiger charge is 2.09. The van der Waals surface area contributed by atoms with Crippen molar-refractivity contribution < 1.29 is 8.81 Å². The summed E-state index contributed by atoms with van der Waals surface area (Å²) in [4.78, 5) is 4.35. The Bertz CT molecular complexity index is 795. The van der Waals surface area contributed by atoms with Crippen LogP contribution in [0, 0.1) is 11.2 Å². The van der Waals surface area contributed by atoms with E-state index >= 15 is 0 Å². The molecule has 1 heterocycles. The quantitative estimate of drug-likeness (QED) is 0.545. The number of nitrogens with zero attached hydrogens (tertiary/aromatic N) is 1. The summed E-state index contributed by atoms with van der Waals surface area (Å²) in [6.45, 7) is 1.66. The van der Waals surface area contributed by atoms with E-state index in [0.29, 0.717) is 28.4 Å². The Morgan fingerprint density at radius 1 is 1.25 bits per heavy atom. The first kappa shape index (κ1) is 12.3. The molecular weight excluding hydrogens is 257 g/mol. The van der Waals surface area contributed by atoms with Crippen LogP contribution in [0.25, 0.3) is 22.6 Å². The third-order valence-electron chi connectivity index (χ3n) is 2.79. The van der Waals surface area contributed by atoms with E-state index in [0.717, 1.165) is 5.69 Å². The number of nitrogens with one attached hydrogen (secondary N) is 2. The van der Waals surface area contributed by atoms with Crippen LogP contribution in [0.15, 0.2) is 46.9 Å². The van der Waals surface area contributed by atoms with E-state index in [9.17, 15) is 4.39 Å². The fourth-order valence-corrected chi connectivity index (χ4v) is 1.97. The van der Waals surface area contributed by atoms with E-state index in [1.54, 1.807) is 37.3 Å². The van der Waals surface area contributed by atoms with Crippen molar-refractivity contribution in [3.63, 3.8) is 0 Å². The van der Waals surface area contributed by atoms with Crippen molar-refractivity contribution in [2.75, 3.05) is 5.32 Å². The summed E-state index contributed by atoms with van der Waals surface area (Å²) in [5, 5.41) is 10.3. The second kappa shape index (κ2) is 4.77. The van der Waals surface area contributed by atoms with Gasteiger partial charge in [-0.2, -0.15) is 0 Å². The lowest BCUT2D eigenvalue weighted by Crippen LogP contribution is -2.04. The van der Waals surface area contributed by atoms with Crippen LogP contribution in [0.2, 0.25) is 0 Å². The van der Waals surface area contributed by atoms with Crippen molar-refractivity contribution in [3.8, 4) is 11.5 Å². The van der Waals surface area contributed by atoms with Crippen molar-refractivity contribution in [3.05, 3.63) is 48.3 Å². The van der Waals surface area contributed by atoms with Crippen molar-refractivity contribution in [2.45, 2.75) is 6.92 Å². The topological polar surface area (TPSA) is 61.9 Å². The molecule has 4 nitrogen and oxygen atoms in total. The normalized spacial score (nSPS) is 10.7. The van der Waals surface area contributed by atoms with Gasteiger partial charge >= 0.3 is 0 Å². The lowest BCUT2D eigenvalue weighted by molar-refractivity contribution is 0.611. The van der Waals surface area contributed by atoms with E-state index in [1.165, 1.54) is 12.1 Å². The average Bonchev–Trinajstić information content (AvgIpc) is 2.81. The zero-order valence-electron chi connectivity index (χ0n) is 10.8. The van der Waals surface area contributed by atoms with Gasteiger partial charge in [0.15, 0.2) is 5.58 Å². The molecule has 0 saturated heterocycles. The summed E-state index contributed by atoms with van der Waals surface area (Å²) in [6.07, 6.45) is 0. The van der Waals surface area contributed by atoms with Crippen LogP contribution in [0.4, 0.5) is 10.1 Å². The van der Waals surface area contributed by atoms with Gasteiger partial charge in [-0.3, -0.25) is 5.41 Å². The second-order valence-corrected chi connectivity index (χ2v) is 4.46. The lowest BCUT2D eigenvalue weighted by atomic mass is 10.2. The first-order valence-electron chi connectivity index (χ1n) is 6.10. The highest BCUT2D eigenvalue weighted by molar-refractivity contribution is 5.93. The van der Waals surface area contributed by atoms with E-state index in [1.807, 2.05) is 0 Å². The molecule has 5 heteroatoms. The maximum atomic E-state index is 13.2. The molecule has 3 aromatic rings. The Hall–Kier alpha value is -2.69. The van der Waals surface area contributed by atoms with Gasteiger partial charge in [-0.15, -0.1) is 0 Å². The number of fused-ring (bicyclic) bond motifs is 1. The molecule has 0 unspecified atom stereocenters. The van der Waals surface area contributed by atoms with Crippen molar-refractivity contribution in [1.82, 2.24) is 4.98 Å². The molecule has 0 atom stereocenters. The molecule has 0 aliphatic rings. The fraction of sp³-hybridized carbons (Fsp3) is 0.0667.